The van der Waals surface area contributed by atoms with E-state index in [0.717, 1.165) is 11.3 Å². The van der Waals surface area contributed by atoms with Gasteiger partial charge in [-0.3, -0.25) is 0 Å². The van der Waals surface area contributed by atoms with Crippen molar-refractivity contribution in [3.8, 4) is 5.69 Å². The Kier molecular flexibility index (Phi) is 5.11. The number of benzene rings is 2. The summed E-state index contributed by atoms with van der Waals surface area (Å²) in [5.41, 5.74) is 3.13. The number of nitrogens with zero attached hydrogens (tertiary/aromatic N) is 3. The normalized spacial score (nSPS) is 11.8. The van der Waals surface area contributed by atoms with Gasteiger partial charge in [-0.15, -0.1) is 0 Å². The Hall–Kier alpha value is -2.64. The van der Waals surface area contributed by atoms with Crippen LogP contribution in [0.3, 0.4) is 0 Å². The minimum atomic E-state index is -3.72. The number of nitrogens with one attached hydrogen (secondary N) is 1. The molecule has 0 aliphatic heterocycles. The molecule has 1 N–H and O–H groups in total. The second kappa shape index (κ2) is 7.31. The van der Waals surface area contributed by atoms with Crippen LogP contribution in [0.2, 0.25) is 5.15 Å². The van der Waals surface area contributed by atoms with E-state index < -0.39 is 10.0 Å². The Bertz CT molecular complexity index is 1040. The fraction of sp³-hybridized carbons (Fsp3) is 0.111. The Morgan fingerprint density at radius 2 is 1.73 bits per heavy atom. The number of sulfonamides is 1. The highest BCUT2D eigenvalue weighted by Crippen LogP contribution is 2.22. The molecule has 1 aromatic heterocycles. The summed E-state index contributed by atoms with van der Waals surface area (Å²) in [7, 11) is -3.72. The summed E-state index contributed by atoms with van der Waals surface area (Å²) in [6.07, 6.45) is 1.36. The van der Waals surface area contributed by atoms with Crippen molar-refractivity contribution in [1.29, 1.82) is 0 Å². The summed E-state index contributed by atoms with van der Waals surface area (Å²) in [6.45, 7) is 3.78. The van der Waals surface area contributed by atoms with Gasteiger partial charge in [-0.05, 0) is 38.1 Å². The highest BCUT2D eigenvalue weighted by Gasteiger charge is 2.14. The Balaban J connectivity index is 1.84. The third-order valence-electron chi connectivity index (χ3n) is 3.75. The average Bonchev–Trinajstić information content (AvgIpc) is 2.91. The van der Waals surface area contributed by atoms with E-state index in [2.05, 4.69) is 15.0 Å². The predicted molar refractivity (Wildman–Crippen MR) is 102 cm³/mol. The summed E-state index contributed by atoms with van der Waals surface area (Å²) in [4.78, 5) is 2.32. The molecule has 0 aliphatic rings. The molecule has 3 aromatic rings. The van der Waals surface area contributed by atoms with Gasteiger partial charge < -0.3 is 0 Å². The fourth-order valence-corrected chi connectivity index (χ4v) is 3.46. The number of halogens is 1. The first-order valence-electron chi connectivity index (χ1n) is 7.80. The zero-order valence-electron chi connectivity index (χ0n) is 14.2. The first-order valence-corrected chi connectivity index (χ1v) is 9.67. The van der Waals surface area contributed by atoms with E-state index in [9.17, 15) is 8.42 Å². The maximum absolute atomic E-state index is 12.2. The maximum atomic E-state index is 12.2. The standard InChI is InChI=1S/C18H17ClN4O2S/c1-13-8-10-15(11-9-13)23-18(19)17(14(2)21-23)12-20-22-26(24,25)16-6-4-3-5-7-16/h3-12,22H,1-2H3. The van der Waals surface area contributed by atoms with Crippen LogP contribution in [0.1, 0.15) is 16.8 Å². The van der Waals surface area contributed by atoms with Gasteiger partial charge in [0.25, 0.3) is 10.0 Å². The zero-order valence-corrected chi connectivity index (χ0v) is 15.8. The van der Waals surface area contributed by atoms with Crippen LogP contribution < -0.4 is 4.83 Å². The molecule has 6 nitrogen and oxygen atoms in total. The van der Waals surface area contributed by atoms with Crippen LogP contribution in [0, 0.1) is 13.8 Å². The molecule has 0 amide bonds. The lowest BCUT2D eigenvalue weighted by atomic mass is 10.2. The van der Waals surface area contributed by atoms with Crippen molar-refractivity contribution >= 4 is 27.8 Å². The molecule has 26 heavy (non-hydrogen) atoms. The van der Waals surface area contributed by atoms with Gasteiger partial charge in [0, 0.05) is 0 Å². The first-order chi connectivity index (χ1) is 12.4. The molecule has 8 heteroatoms. The van der Waals surface area contributed by atoms with Gasteiger partial charge in [-0.1, -0.05) is 47.5 Å². The lowest BCUT2D eigenvalue weighted by Crippen LogP contribution is -2.18. The fourth-order valence-electron chi connectivity index (χ4n) is 2.33. The van der Waals surface area contributed by atoms with E-state index in [1.54, 1.807) is 29.8 Å². The molecule has 0 spiro atoms. The van der Waals surface area contributed by atoms with Crippen LogP contribution >= 0.6 is 11.6 Å². The molecule has 0 atom stereocenters. The summed E-state index contributed by atoms with van der Waals surface area (Å²) in [5.74, 6) is 0. The van der Waals surface area contributed by atoms with Crippen molar-refractivity contribution in [3.63, 3.8) is 0 Å². The zero-order chi connectivity index (χ0) is 18.7. The molecule has 2 aromatic carbocycles. The summed E-state index contributed by atoms with van der Waals surface area (Å²) in [6, 6.07) is 15.8. The first kappa shape index (κ1) is 18.2. The second-order valence-corrected chi connectivity index (χ2v) is 7.72. The van der Waals surface area contributed by atoms with Gasteiger partial charge in [0.1, 0.15) is 5.15 Å². The van der Waals surface area contributed by atoms with Crippen molar-refractivity contribution < 1.29 is 8.42 Å². The van der Waals surface area contributed by atoms with E-state index in [-0.39, 0.29) is 4.90 Å². The lowest BCUT2D eigenvalue weighted by molar-refractivity contribution is 0.584. The van der Waals surface area contributed by atoms with E-state index in [1.165, 1.54) is 18.3 Å². The van der Waals surface area contributed by atoms with Crippen LogP contribution in [0.25, 0.3) is 5.69 Å². The smallest absolute Gasteiger partial charge is 0.221 e. The summed E-state index contributed by atoms with van der Waals surface area (Å²) in [5, 5.41) is 8.59. The third-order valence-corrected chi connectivity index (χ3v) is 5.35. The Morgan fingerprint density at radius 3 is 2.38 bits per heavy atom. The van der Waals surface area contributed by atoms with Crippen LogP contribution in [0.15, 0.2) is 64.6 Å². The number of hydrogen-bond donors (Lipinski definition) is 1. The van der Waals surface area contributed by atoms with E-state index in [0.29, 0.717) is 16.4 Å². The molecule has 0 radical (unpaired) electrons. The third kappa shape index (κ3) is 3.79. The molecule has 0 saturated heterocycles. The van der Waals surface area contributed by atoms with Crippen molar-refractivity contribution in [3.05, 3.63) is 76.6 Å². The maximum Gasteiger partial charge on any atom is 0.276 e. The minimum absolute atomic E-state index is 0.135. The van der Waals surface area contributed by atoms with Crippen molar-refractivity contribution in [1.82, 2.24) is 14.6 Å². The van der Waals surface area contributed by atoms with Gasteiger partial charge in [-0.2, -0.15) is 18.6 Å². The largest absolute Gasteiger partial charge is 0.276 e. The number of hydrogen-bond acceptors (Lipinski definition) is 4. The van der Waals surface area contributed by atoms with Crippen molar-refractivity contribution in [2.24, 2.45) is 5.10 Å². The highest BCUT2D eigenvalue weighted by molar-refractivity contribution is 7.89. The van der Waals surface area contributed by atoms with E-state index in [1.807, 2.05) is 31.2 Å². The quantitative estimate of drug-likeness (QED) is 0.537. The Morgan fingerprint density at radius 1 is 1.08 bits per heavy atom. The SMILES string of the molecule is Cc1ccc(-n2nc(C)c(C=NNS(=O)(=O)c3ccccc3)c2Cl)cc1. The molecule has 0 saturated carbocycles. The van der Waals surface area contributed by atoms with E-state index in [4.69, 9.17) is 11.6 Å². The predicted octanol–water partition coefficient (Wildman–Crippen LogP) is 3.45. The molecule has 0 fully saturated rings. The molecular weight excluding hydrogens is 372 g/mol. The summed E-state index contributed by atoms with van der Waals surface area (Å²) >= 11 is 6.40. The molecule has 0 unspecified atom stereocenters. The van der Waals surface area contributed by atoms with Gasteiger partial charge in [0.15, 0.2) is 0 Å². The van der Waals surface area contributed by atoms with Gasteiger partial charge in [0.05, 0.1) is 28.1 Å². The number of rotatable bonds is 5. The second-order valence-electron chi connectivity index (χ2n) is 5.70. The minimum Gasteiger partial charge on any atom is -0.221 e. The summed E-state index contributed by atoms with van der Waals surface area (Å²) < 4.78 is 25.9. The van der Waals surface area contributed by atoms with Gasteiger partial charge in [0.2, 0.25) is 0 Å². The van der Waals surface area contributed by atoms with Gasteiger partial charge in [-0.25, -0.2) is 9.51 Å². The monoisotopic (exact) mass is 388 g/mol. The molecule has 134 valence electrons. The molecule has 3 rings (SSSR count). The molecule has 0 aliphatic carbocycles. The van der Waals surface area contributed by atoms with Gasteiger partial charge >= 0.3 is 0 Å². The highest BCUT2D eigenvalue weighted by atomic mass is 35.5. The average molecular weight is 389 g/mol. The molecular formula is C18H17ClN4O2S. The van der Waals surface area contributed by atoms with Crippen LogP contribution in [-0.2, 0) is 10.0 Å². The Labute approximate surface area is 157 Å². The topological polar surface area (TPSA) is 76.3 Å². The number of aryl methyl sites for hydroxylation is 2. The number of aromatic nitrogens is 2. The van der Waals surface area contributed by atoms with Crippen LogP contribution in [0.4, 0.5) is 0 Å². The number of hydrazone groups is 1. The molecule has 0 bridgehead atoms. The van der Waals surface area contributed by atoms with Crippen molar-refractivity contribution in [2.45, 2.75) is 18.7 Å². The van der Waals surface area contributed by atoms with E-state index >= 15 is 0 Å². The van der Waals surface area contributed by atoms with Crippen molar-refractivity contribution in [2.75, 3.05) is 0 Å². The van der Waals surface area contributed by atoms with Crippen LogP contribution in [0.5, 0.6) is 0 Å². The van der Waals surface area contributed by atoms with Crippen LogP contribution in [-0.4, -0.2) is 24.4 Å². The lowest BCUT2D eigenvalue weighted by Gasteiger charge is -2.03. The molecule has 1 heterocycles.